The SMILES string of the molecule is COc1ccc(CNC(=O)N[C@@H]2CCSc3ccccc32)cc1OC. The highest BCUT2D eigenvalue weighted by molar-refractivity contribution is 7.99. The first-order valence-electron chi connectivity index (χ1n) is 8.18. The van der Waals surface area contributed by atoms with E-state index < -0.39 is 0 Å². The molecule has 1 atom stereocenters. The molecule has 0 fully saturated rings. The first kappa shape index (κ1) is 17.5. The fourth-order valence-corrected chi connectivity index (χ4v) is 4.00. The average Bonchev–Trinajstić information content (AvgIpc) is 2.66. The number of benzene rings is 2. The summed E-state index contributed by atoms with van der Waals surface area (Å²) < 4.78 is 10.5. The lowest BCUT2D eigenvalue weighted by atomic mass is 10.0. The predicted octanol–water partition coefficient (Wildman–Crippen LogP) is 3.74. The Kier molecular flexibility index (Phi) is 5.71. The Morgan fingerprint density at radius 3 is 2.76 bits per heavy atom. The van der Waals surface area contributed by atoms with Gasteiger partial charge in [-0.1, -0.05) is 24.3 Å². The number of urea groups is 1. The molecule has 1 aliphatic heterocycles. The molecule has 3 rings (SSSR count). The van der Waals surface area contributed by atoms with Gasteiger partial charge < -0.3 is 20.1 Å². The zero-order valence-electron chi connectivity index (χ0n) is 14.4. The summed E-state index contributed by atoms with van der Waals surface area (Å²) in [6.07, 6.45) is 0.936. The highest BCUT2D eigenvalue weighted by Gasteiger charge is 2.21. The number of hydrogen-bond acceptors (Lipinski definition) is 4. The van der Waals surface area contributed by atoms with Gasteiger partial charge in [-0.25, -0.2) is 4.79 Å². The van der Waals surface area contributed by atoms with E-state index in [0.717, 1.165) is 17.7 Å². The van der Waals surface area contributed by atoms with E-state index in [1.54, 1.807) is 14.2 Å². The normalized spacial score (nSPS) is 15.8. The fraction of sp³-hybridized carbons (Fsp3) is 0.316. The summed E-state index contributed by atoms with van der Waals surface area (Å²) in [5.41, 5.74) is 2.15. The number of ether oxygens (including phenoxy) is 2. The van der Waals surface area contributed by atoms with Crippen molar-refractivity contribution in [3.05, 3.63) is 53.6 Å². The van der Waals surface area contributed by atoms with Crippen LogP contribution in [0.5, 0.6) is 11.5 Å². The molecule has 6 heteroatoms. The van der Waals surface area contributed by atoms with Crippen molar-refractivity contribution in [1.82, 2.24) is 10.6 Å². The van der Waals surface area contributed by atoms with Crippen LogP contribution in [-0.2, 0) is 6.54 Å². The van der Waals surface area contributed by atoms with Crippen molar-refractivity contribution in [2.45, 2.75) is 23.9 Å². The number of nitrogens with one attached hydrogen (secondary N) is 2. The van der Waals surface area contributed by atoms with E-state index >= 15 is 0 Å². The molecule has 0 bridgehead atoms. The summed E-state index contributed by atoms with van der Waals surface area (Å²) >= 11 is 1.84. The van der Waals surface area contributed by atoms with Crippen LogP contribution in [0.1, 0.15) is 23.6 Å². The molecule has 1 heterocycles. The van der Waals surface area contributed by atoms with Gasteiger partial charge in [0.2, 0.25) is 0 Å². The predicted molar refractivity (Wildman–Crippen MR) is 99.4 cm³/mol. The van der Waals surface area contributed by atoms with Crippen LogP contribution >= 0.6 is 11.8 Å². The van der Waals surface area contributed by atoms with Gasteiger partial charge in [0.05, 0.1) is 20.3 Å². The highest BCUT2D eigenvalue weighted by atomic mass is 32.2. The molecule has 2 aromatic rings. The van der Waals surface area contributed by atoms with Gasteiger partial charge in [-0.2, -0.15) is 0 Å². The van der Waals surface area contributed by atoms with Crippen molar-refractivity contribution in [2.24, 2.45) is 0 Å². The van der Waals surface area contributed by atoms with Gasteiger partial charge in [-0.15, -0.1) is 11.8 Å². The zero-order chi connectivity index (χ0) is 17.6. The van der Waals surface area contributed by atoms with Gasteiger partial charge in [-0.05, 0) is 35.7 Å². The van der Waals surface area contributed by atoms with Crippen LogP contribution in [0.2, 0.25) is 0 Å². The molecule has 5 nitrogen and oxygen atoms in total. The van der Waals surface area contributed by atoms with Crippen molar-refractivity contribution in [2.75, 3.05) is 20.0 Å². The molecule has 0 saturated heterocycles. The van der Waals surface area contributed by atoms with E-state index in [1.807, 2.05) is 42.1 Å². The molecule has 25 heavy (non-hydrogen) atoms. The van der Waals surface area contributed by atoms with E-state index in [2.05, 4.69) is 22.8 Å². The lowest BCUT2D eigenvalue weighted by Gasteiger charge is -2.26. The van der Waals surface area contributed by atoms with Gasteiger partial charge in [0.25, 0.3) is 0 Å². The van der Waals surface area contributed by atoms with E-state index in [9.17, 15) is 4.79 Å². The molecule has 1 aliphatic rings. The maximum atomic E-state index is 12.3. The maximum Gasteiger partial charge on any atom is 0.315 e. The minimum atomic E-state index is -0.165. The van der Waals surface area contributed by atoms with E-state index in [0.29, 0.717) is 18.0 Å². The average molecular weight is 358 g/mol. The van der Waals surface area contributed by atoms with Crippen LogP contribution in [0.25, 0.3) is 0 Å². The van der Waals surface area contributed by atoms with Crippen LogP contribution in [0, 0.1) is 0 Å². The molecule has 2 amide bonds. The summed E-state index contributed by atoms with van der Waals surface area (Å²) in [5, 5.41) is 5.99. The van der Waals surface area contributed by atoms with E-state index in [1.165, 1.54) is 10.5 Å². The quantitative estimate of drug-likeness (QED) is 0.855. The third-order valence-corrected chi connectivity index (χ3v) is 5.29. The molecule has 132 valence electrons. The topological polar surface area (TPSA) is 59.6 Å². The second-order valence-corrected chi connectivity index (χ2v) is 6.88. The van der Waals surface area contributed by atoms with Crippen molar-refractivity contribution in [3.63, 3.8) is 0 Å². The van der Waals surface area contributed by atoms with Crippen molar-refractivity contribution in [3.8, 4) is 11.5 Å². The van der Waals surface area contributed by atoms with Gasteiger partial charge >= 0.3 is 6.03 Å². The van der Waals surface area contributed by atoms with E-state index in [4.69, 9.17) is 9.47 Å². The zero-order valence-corrected chi connectivity index (χ0v) is 15.2. The summed E-state index contributed by atoms with van der Waals surface area (Å²) in [7, 11) is 3.20. The monoisotopic (exact) mass is 358 g/mol. The van der Waals surface area contributed by atoms with Gasteiger partial charge in [0.15, 0.2) is 11.5 Å². The molecular formula is C19H22N2O3S. The first-order chi connectivity index (χ1) is 12.2. The van der Waals surface area contributed by atoms with Gasteiger partial charge in [0, 0.05) is 17.2 Å². The highest BCUT2D eigenvalue weighted by Crippen LogP contribution is 2.35. The molecule has 0 unspecified atom stereocenters. The van der Waals surface area contributed by atoms with Crippen LogP contribution < -0.4 is 20.1 Å². The standard InChI is InChI=1S/C19H22N2O3S/c1-23-16-8-7-13(11-17(16)24-2)12-20-19(22)21-15-9-10-25-18-6-4-3-5-14(15)18/h3-8,11,15H,9-10,12H2,1-2H3,(H2,20,21,22)/t15-/m1/s1. The number of carbonyl (C=O) groups is 1. The molecular weight excluding hydrogens is 336 g/mol. The second kappa shape index (κ2) is 8.16. The van der Waals surface area contributed by atoms with Crippen molar-refractivity contribution in [1.29, 1.82) is 0 Å². The Morgan fingerprint density at radius 2 is 1.96 bits per heavy atom. The number of methoxy groups -OCH3 is 2. The molecule has 0 spiro atoms. The lowest BCUT2D eigenvalue weighted by Crippen LogP contribution is -2.38. The van der Waals surface area contributed by atoms with Crippen molar-refractivity contribution < 1.29 is 14.3 Å². The first-order valence-corrected chi connectivity index (χ1v) is 9.17. The minimum absolute atomic E-state index is 0.0582. The molecule has 2 aromatic carbocycles. The Balaban J connectivity index is 1.59. The van der Waals surface area contributed by atoms with Gasteiger partial charge in [-0.3, -0.25) is 0 Å². The third kappa shape index (κ3) is 4.20. The number of amides is 2. The second-order valence-electron chi connectivity index (χ2n) is 5.74. The number of rotatable bonds is 5. The Morgan fingerprint density at radius 1 is 1.16 bits per heavy atom. The smallest absolute Gasteiger partial charge is 0.315 e. The minimum Gasteiger partial charge on any atom is -0.493 e. The number of carbonyl (C=O) groups excluding carboxylic acids is 1. The number of thioether (sulfide) groups is 1. The molecule has 0 radical (unpaired) electrons. The molecule has 0 saturated carbocycles. The summed E-state index contributed by atoms with van der Waals surface area (Å²) in [5.74, 6) is 2.34. The van der Waals surface area contributed by atoms with E-state index in [-0.39, 0.29) is 12.1 Å². The summed E-state index contributed by atoms with van der Waals surface area (Å²) in [6, 6.07) is 13.7. The van der Waals surface area contributed by atoms with Crippen LogP contribution in [0.4, 0.5) is 4.79 Å². The lowest BCUT2D eigenvalue weighted by molar-refractivity contribution is 0.236. The Bertz CT molecular complexity index is 751. The summed E-state index contributed by atoms with van der Waals surface area (Å²) in [4.78, 5) is 13.5. The number of fused-ring (bicyclic) bond motifs is 1. The number of hydrogen-bond donors (Lipinski definition) is 2. The van der Waals surface area contributed by atoms with Crippen LogP contribution in [0.15, 0.2) is 47.4 Å². The van der Waals surface area contributed by atoms with Crippen molar-refractivity contribution >= 4 is 17.8 Å². The molecule has 0 aliphatic carbocycles. The Labute approximate surface area is 152 Å². The molecule has 2 N–H and O–H groups in total. The van der Waals surface area contributed by atoms with Gasteiger partial charge in [0.1, 0.15) is 0 Å². The fourth-order valence-electron chi connectivity index (χ4n) is 2.87. The third-order valence-electron chi connectivity index (χ3n) is 4.16. The van der Waals surface area contributed by atoms with Crippen LogP contribution in [-0.4, -0.2) is 26.0 Å². The maximum absolute atomic E-state index is 12.3. The largest absolute Gasteiger partial charge is 0.493 e. The summed E-state index contributed by atoms with van der Waals surface area (Å²) in [6.45, 7) is 0.426. The van der Waals surface area contributed by atoms with Crippen LogP contribution in [0.3, 0.4) is 0 Å². The Hall–Kier alpha value is -2.34. The molecule has 0 aromatic heterocycles.